The van der Waals surface area contributed by atoms with Crippen LogP contribution >= 0.6 is 11.3 Å². The second-order valence-electron chi connectivity index (χ2n) is 5.41. The predicted molar refractivity (Wildman–Crippen MR) is 81.5 cm³/mol. The minimum Gasteiger partial charge on any atom is -0.460 e. The number of rotatable bonds is 5. The van der Waals surface area contributed by atoms with Gasteiger partial charge in [0.2, 0.25) is 5.91 Å². The molecule has 0 spiro atoms. The van der Waals surface area contributed by atoms with E-state index in [9.17, 15) is 4.79 Å². The van der Waals surface area contributed by atoms with Crippen LogP contribution in [-0.4, -0.2) is 17.1 Å². The quantitative estimate of drug-likeness (QED) is 0.682. The van der Waals surface area contributed by atoms with Gasteiger partial charge in [0.05, 0.1) is 12.6 Å². The zero-order valence-electron chi connectivity index (χ0n) is 12.0. The molecule has 0 unspecified atom stereocenters. The van der Waals surface area contributed by atoms with Crippen LogP contribution in [-0.2, 0) is 11.2 Å². The normalized spacial score (nSPS) is 20.9. The molecule has 6 heteroatoms. The first-order chi connectivity index (χ1) is 10.1. The number of carbonyl (C=O) groups is 1. The molecule has 2 aromatic heterocycles. The fourth-order valence-corrected chi connectivity index (χ4v) is 2.95. The van der Waals surface area contributed by atoms with Crippen molar-refractivity contribution in [1.29, 1.82) is 0 Å². The summed E-state index contributed by atoms with van der Waals surface area (Å²) in [5, 5.41) is 6.64. The molecule has 3 rings (SSSR count). The van der Waals surface area contributed by atoms with Crippen molar-refractivity contribution in [1.82, 2.24) is 10.4 Å². The minimum atomic E-state index is -0.178. The van der Waals surface area contributed by atoms with Gasteiger partial charge >= 0.3 is 0 Å². The van der Waals surface area contributed by atoms with Crippen LogP contribution in [0.3, 0.4) is 0 Å². The smallest absolute Gasteiger partial charge is 0.246 e. The van der Waals surface area contributed by atoms with E-state index in [2.05, 4.69) is 22.4 Å². The van der Waals surface area contributed by atoms with E-state index in [1.165, 1.54) is 24.0 Å². The largest absolute Gasteiger partial charge is 0.460 e. The number of nitrogens with zero attached hydrogens (tertiary/aromatic N) is 2. The average molecular weight is 303 g/mol. The fourth-order valence-electron chi connectivity index (χ4n) is 2.18. The monoisotopic (exact) mass is 303 g/mol. The first-order valence-corrected chi connectivity index (χ1v) is 7.82. The Kier molecular flexibility index (Phi) is 3.88. The number of carbonyl (C=O) groups excluding carboxylic acids is 1. The van der Waals surface area contributed by atoms with Crippen molar-refractivity contribution in [3.63, 3.8) is 0 Å². The highest BCUT2D eigenvalue weighted by Gasteiger charge is 2.36. The molecule has 21 heavy (non-hydrogen) atoms. The maximum absolute atomic E-state index is 11.7. The molecule has 0 bridgehead atoms. The third kappa shape index (κ3) is 3.58. The van der Waals surface area contributed by atoms with Crippen molar-refractivity contribution in [3.8, 4) is 0 Å². The summed E-state index contributed by atoms with van der Waals surface area (Å²) in [5.74, 6) is 2.75. The van der Waals surface area contributed by atoms with Gasteiger partial charge in [0.15, 0.2) is 0 Å². The first kappa shape index (κ1) is 14.0. The zero-order valence-corrected chi connectivity index (χ0v) is 12.8. The number of aromatic nitrogens is 1. The van der Waals surface area contributed by atoms with E-state index in [0.717, 1.165) is 16.5 Å². The molecule has 2 heterocycles. The standard InChI is InChI=1S/C15H17N3O2S/c1-9-5-12(9)13-4-3-11(20-13)7-16-18-14(19)6-15-17-10(2)8-21-15/h3-4,7-9,12H,5-6H2,1-2H3,(H,18,19)/b16-7-/t9-,12-/m1/s1. The molecular weight excluding hydrogens is 286 g/mol. The molecule has 110 valence electrons. The molecule has 1 aliphatic carbocycles. The summed E-state index contributed by atoms with van der Waals surface area (Å²) in [7, 11) is 0. The molecule has 0 radical (unpaired) electrons. The molecule has 5 nitrogen and oxygen atoms in total. The van der Waals surface area contributed by atoms with E-state index in [4.69, 9.17) is 4.42 Å². The number of hydrogen-bond acceptors (Lipinski definition) is 5. The highest BCUT2D eigenvalue weighted by atomic mass is 32.1. The Morgan fingerprint density at radius 2 is 2.43 bits per heavy atom. The Bertz CT molecular complexity index is 674. The Labute approximate surface area is 127 Å². The molecule has 1 amide bonds. The van der Waals surface area contributed by atoms with Crippen molar-refractivity contribution < 1.29 is 9.21 Å². The summed E-state index contributed by atoms with van der Waals surface area (Å²) >= 11 is 1.48. The Hall–Kier alpha value is -1.95. The van der Waals surface area contributed by atoms with Gasteiger partial charge in [-0.25, -0.2) is 10.4 Å². The van der Waals surface area contributed by atoms with E-state index in [1.807, 2.05) is 24.4 Å². The summed E-state index contributed by atoms with van der Waals surface area (Å²) in [4.78, 5) is 15.9. The molecule has 2 atom stereocenters. The molecule has 0 aliphatic heterocycles. The highest BCUT2D eigenvalue weighted by molar-refractivity contribution is 7.09. The lowest BCUT2D eigenvalue weighted by Gasteiger charge is -1.95. The van der Waals surface area contributed by atoms with Crippen LogP contribution in [0.15, 0.2) is 27.0 Å². The van der Waals surface area contributed by atoms with Gasteiger partial charge in [-0.2, -0.15) is 5.10 Å². The van der Waals surface area contributed by atoms with Gasteiger partial charge in [-0.3, -0.25) is 4.79 Å². The number of thiazole rings is 1. The van der Waals surface area contributed by atoms with Crippen LogP contribution in [0.2, 0.25) is 0 Å². The second-order valence-corrected chi connectivity index (χ2v) is 6.35. The zero-order chi connectivity index (χ0) is 14.8. The highest BCUT2D eigenvalue weighted by Crippen LogP contribution is 2.47. The van der Waals surface area contributed by atoms with E-state index in [-0.39, 0.29) is 12.3 Å². The van der Waals surface area contributed by atoms with Crippen LogP contribution in [0.1, 0.15) is 41.5 Å². The van der Waals surface area contributed by atoms with Crippen LogP contribution in [0.25, 0.3) is 0 Å². The van der Waals surface area contributed by atoms with Crippen molar-refractivity contribution >= 4 is 23.5 Å². The Balaban J connectivity index is 1.49. The third-order valence-electron chi connectivity index (χ3n) is 3.48. The van der Waals surface area contributed by atoms with E-state index in [0.29, 0.717) is 17.6 Å². The Morgan fingerprint density at radius 3 is 3.10 bits per heavy atom. The van der Waals surface area contributed by atoms with Gasteiger partial charge < -0.3 is 4.42 Å². The number of hydrogen-bond donors (Lipinski definition) is 1. The van der Waals surface area contributed by atoms with Crippen LogP contribution in [0, 0.1) is 12.8 Å². The second kappa shape index (κ2) is 5.81. The number of hydrazone groups is 1. The Morgan fingerprint density at radius 1 is 1.62 bits per heavy atom. The van der Waals surface area contributed by atoms with Gasteiger partial charge in [0.25, 0.3) is 0 Å². The van der Waals surface area contributed by atoms with Gasteiger partial charge in [0.1, 0.15) is 16.5 Å². The number of aryl methyl sites for hydroxylation is 1. The lowest BCUT2D eigenvalue weighted by molar-refractivity contribution is -0.120. The summed E-state index contributed by atoms with van der Waals surface area (Å²) in [5.41, 5.74) is 3.42. The van der Waals surface area contributed by atoms with Crippen molar-refractivity contribution in [2.24, 2.45) is 11.0 Å². The summed E-state index contributed by atoms with van der Waals surface area (Å²) in [6.45, 7) is 4.12. The first-order valence-electron chi connectivity index (χ1n) is 6.94. The van der Waals surface area contributed by atoms with Gasteiger partial charge in [0, 0.05) is 17.0 Å². The topological polar surface area (TPSA) is 67.5 Å². The maximum atomic E-state index is 11.7. The number of amides is 1. The summed E-state index contributed by atoms with van der Waals surface area (Å²) < 4.78 is 5.67. The molecule has 1 aliphatic rings. The maximum Gasteiger partial charge on any atom is 0.246 e. The average Bonchev–Trinajstić information content (AvgIpc) is 2.85. The SMILES string of the molecule is Cc1csc(CC(=O)N/N=C\c2ccc([C@@H]3C[C@H]3C)o2)n1. The van der Waals surface area contributed by atoms with E-state index in [1.54, 1.807) is 0 Å². The summed E-state index contributed by atoms with van der Waals surface area (Å²) in [6.07, 6.45) is 2.97. The number of furan rings is 1. The molecule has 0 saturated heterocycles. The molecule has 0 aromatic carbocycles. The van der Waals surface area contributed by atoms with Crippen LogP contribution in [0.5, 0.6) is 0 Å². The van der Waals surface area contributed by atoms with Gasteiger partial charge in [-0.1, -0.05) is 6.92 Å². The van der Waals surface area contributed by atoms with E-state index < -0.39 is 0 Å². The van der Waals surface area contributed by atoms with Gasteiger partial charge in [-0.15, -0.1) is 11.3 Å². The van der Waals surface area contributed by atoms with Crippen LogP contribution in [0.4, 0.5) is 0 Å². The lowest BCUT2D eigenvalue weighted by Crippen LogP contribution is -2.19. The molecular formula is C15H17N3O2S. The number of nitrogens with one attached hydrogen (secondary N) is 1. The van der Waals surface area contributed by atoms with Crippen molar-refractivity contribution in [2.45, 2.75) is 32.6 Å². The summed E-state index contributed by atoms with van der Waals surface area (Å²) in [6, 6.07) is 3.86. The molecule has 2 aromatic rings. The van der Waals surface area contributed by atoms with Crippen molar-refractivity contribution in [2.75, 3.05) is 0 Å². The molecule has 1 N–H and O–H groups in total. The van der Waals surface area contributed by atoms with E-state index >= 15 is 0 Å². The lowest BCUT2D eigenvalue weighted by atomic mass is 10.3. The van der Waals surface area contributed by atoms with Gasteiger partial charge in [-0.05, 0) is 31.4 Å². The predicted octanol–water partition coefficient (Wildman–Crippen LogP) is 2.86. The molecule has 1 saturated carbocycles. The fraction of sp³-hybridized carbons (Fsp3) is 0.400. The van der Waals surface area contributed by atoms with Crippen molar-refractivity contribution in [3.05, 3.63) is 39.7 Å². The molecule has 1 fully saturated rings. The minimum absolute atomic E-state index is 0.178. The van der Waals surface area contributed by atoms with Crippen LogP contribution < -0.4 is 5.43 Å². The third-order valence-corrected chi connectivity index (χ3v) is 4.45.